The lowest BCUT2D eigenvalue weighted by molar-refractivity contribution is -0.120. The molecule has 3 heterocycles. The van der Waals surface area contributed by atoms with Crippen molar-refractivity contribution in [1.29, 1.82) is 0 Å². The molecule has 0 unspecified atom stereocenters. The summed E-state index contributed by atoms with van der Waals surface area (Å²) in [5.41, 5.74) is 4.57. The van der Waals surface area contributed by atoms with Crippen molar-refractivity contribution in [3.63, 3.8) is 0 Å². The molecule has 1 amide bonds. The van der Waals surface area contributed by atoms with Crippen LogP contribution in [0.15, 0.2) is 54.6 Å². The first-order valence-electron chi connectivity index (χ1n) is 12.6. The number of aryl methyl sites for hydroxylation is 2. The Kier molecular flexibility index (Phi) is 6.85. The molecule has 2 aromatic carbocycles. The molecule has 1 saturated heterocycles. The maximum atomic E-state index is 13.2. The minimum Gasteiger partial charge on any atom is -0.462 e. The molecule has 9 heteroatoms. The lowest BCUT2D eigenvalue weighted by Gasteiger charge is -2.32. The van der Waals surface area contributed by atoms with Gasteiger partial charge in [-0.15, -0.1) is 5.10 Å². The van der Waals surface area contributed by atoms with Crippen LogP contribution in [0.1, 0.15) is 41.5 Å². The van der Waals surface area contributed by atoms with Crippen LogP contribution in [0.25, 0.3) is 16.6 Å². The van der Waals surface area contributed by atoms with Crippen LogP contribution >= 0.6 is 0 Å². The van der Waals surface area contributed by atoms with Gasteiger partial charge in [0.05, 0.1) is 40.5 Å². The van der Waals surface area contributed by atoms with Crippen molar-refractivity contribution in [3.8, 4) is 5.69 Å². The van der Waals surface area contributed by atoms with E-state index in [4.69, 9.17) is 9.84 Å². The lowest BCUT2D eigenvalue weighted by atomic mass is 9.96. The van der Waals surface area contributed by atoms with Crippen molar-refractivity contribution in [3.05, 3.63) is 71.5 Å². The Balaban J connectivity index is 1.39. The maximum Gasteiger partial charge on any atom is 0.338 e. The van der Waals surface area contributed by atoms with Crippen LogP contribution in [0.4, 0.5) is 11.5 Å². The van der Waals surface area contributed by atoms with Crippen LogP contribution in [0.3, 0.4) is 0 Å². The number of benzene rings is 2. The number of carbonyl (C=O) groups is 2. The predicted octanol–water partition coefficient (Wildman–Crippen LogP) is 4.46. The minimum atomic E-state index is -0.408. The Morgan fingerprint density at radius 3 is 2.68 bits per heavy atom. The Morgan fingerprint density at radius 1 is 1.08 bits per heavy atom. The van der Waals surface area contributed by atoms with Gasteiger partial charge in [0, 0.05) is 18.8 Å². The molecule has 1 aliphatic rings. The number of nitrogens with one attached hydrogen (secondary N) is 1. The standard InChI is InChI=1S/C28H30N6O3/c1-4-37-28(36)20-10-8-12-22(16-20)29-27(35)21-11-9-15-33(17-21)26-25-24(18(2)30-31-26)19(3)34(32-25)23-13-6-5-7-14-23/h5-8,10,12-14,16,21H,4,9,11,15,17H2,1-3H3,(H,29,35)/t21-/m1/s1. The smallest absolute Gasteiger partial charge is 0.338 e. The summed E-state index contributed by atoms with van der Waals surface area (Å²) in [5, 5.41) is 17.8. The van der Waals surface area contributed by atoms with Gasteiger partial charge in [-0.05, 0) is 63.9 Å². The molecule has 0 aliphatic carbocycles. The summed E-state index contributed by atoms with van der Waals surface area (Å²) in [6.07, 6.45) is 1.61. The van der Waals surface area contributed by atoms with Crippen LogP contribution in [-0.4, -0.2) is 51.6 Å². The monoisotopic (exact) mass is 498 g/mol. The molecule has 4 aromatic rings. The highest BCUT2D eigenvalue weighted by Gasteiger charge is 2.29. The summed E-state index contributed by atoms with van der Waals surface area (Å²) in [7, 11) is 0. The molecular weight excluding hydrogens is 468 g/mol. The van der Waals surface area contributed by atoms with Crippen LogP contribution < -0.4 is 10.2 Å². The van der Waals surface area contributed by atoms with Gasteiger partial charge in [-0.1, -0.05) is 24.3 Å². The van der Waals surface area contributed by atoms with Crippen molar-refractivity contribution >= 4 is 34.3 Å². The third kappa shape index (κ3) is 4.89. The Hall–Kier alpha value is -4.27. The van der Waals surface area contributed by atoms with Gasteiger partial charge in [-0.25, -0.2) is 9.48 Å². The molecule has 0 spiro atoms. The first-order chi connectivity index (χ1) is 18.0. The number of carbonyl (C=O) groups excluding carboxylic acids is 2. The number of esters is 1. The highest BCUT2D eigenvalue weighted by molar-refractivity contribution is 5.96. The van der Waals surface area contributed by atoms with Gasteiger partial charge >= 0.3 is 5.97 Å². The first-order valence-corrected chi connectivity index (χ1v) is 12.6. The number of anilines is 2. The lowest BCUT2D eigenvalue weighted by Crippen LogP contribution is -2.41. The molecular formula is C28H30N6O3. The topological polar surface area (TPSA) is 102 Å². The number of piperidine rings is 1. The number of rotatable bonds is 6. The second kappa shape index (κ2) is 10.4. The molecule has 190 valence electrons. The van der Waals surface area contributed by atoms with Crippen molar-refractivity contribution in [1.82, 2.24) is 20.0 Å². The van der Waals surface area contributed by atoms with E-state index >= 15 is 0 Å². The van der Waals surface area contributed by atoms with E-state index in [0.29, 0.717) is 30.2 Å². The molecule has 0 saturated carbocycles. The highest BCUT2D eigenvalue weighted by atomic mass is 16.5. The quantitative estimate of drug-likeness (QED) is 0.392. The van der Waals surface area contributed by atoms with Crippen LogP contribution in [0, 0.1) is 19.8 Å². The second-order valence-electron chi connectivity index (χ2n) is 9.24. The number of ether oxygens (including phenoxy) is 1. The minimum absolute atomic E-state index is 0.0898. The van der Waals surface area contributed by atoms with Crippen molar-refractivity contribution in [2.45, 2.75) is 33.6 Å². The summed E-state index contributed by atoms with van der Waals surface area (Å²) in [4.78, 5) is 27.4. The van der Waals surface area contributed by atoms with E-state index < -0.39 is 5.97 Å². The van der Waals surface area contributed by atoms with Gasteiger partial charge in [0.15, 0.2) is 5.82 Å². The molecule has 37 heavy (non-hydrogen) atoms. The zero-order valence-electron chi connectivity index (χ0n) is 21.3. The normalized spacial score (nSPS) is 15.5. The third-order valence-electron chi connectivity index (χ3n) is 6.72. The fraction of sp³-hybridized carbons (Fsp3) is 0.321. The Bertz CT molecular complexity index is 1450. The molecule has 5 rings (SSSR count). The zero-order valence-corrected chi connectivity index (χ0v) is 21.3. The van der Waals surface area contributed by atoms with Crippen molar-refractivity contribution < 1.29 is 14.3 Å². The van der Waals surface area contributed by atoms with E-state index in [2.05, 4.69) is 20.4 Å². The van der Waals surface area contributed by atoms with E-state index in [1.165, 1.54) is 0 Å². The summed E-state index contributed by atoms with van der Waals surface area (Å²) in [6, 6.07) is 16.8. The van der Waals surface area contributed by atoms with Gasteiger partial charge in [-0.3, -0.25) is 4.79 Å². The van der Waals surface area contributed by atoms with Crippen molar-refractivity contribution in [2.24, 2.45) is 5.92 Å². The summed E-state index contributed by atoms with van der Waals surface area (Å²) in [5.74, 6) is -0.0432. The fourth-order valence-electron chi connectivity index (χ4n) is 4.91. The van der Waals surface area contributed by atoms with Gasteiger partial charge in [0.1, 0.15) is 5.52 Å². The molecule has 1 atom stereocenters. The fourth-order valence-corrected chi connectivity index (χ4v) is 4.91. The summed E-state index contributed by atoms with van der Waals surface area (Å²) < 4.78 is 7.00. The number of nitrogens with zero attached hydrogens (tertiary/aromatic N) is 5. The number of amides is 1. The average Bonchev–Trinajstić information content (AvgIpc) is 3.27. The number of fused-ring (bicyclic) bond motifs is 1. The van der Waals surface area contributed by atoms with Crippen molar-refractivity contribution in [2.75, 3.05) is 29.9 Å². The number of para-hydroxylation sites is 1. The SMILES string of the molecule is CCOC(=O)c1cccc(NC(=O)[C@@H]2CCCN(c3nnc(C)c4c(C)n(-c5ccccc5)nc34)C2)c1. The number of hydrogen-bond donors (Lipinski definition) is 1. The van der Waals surface area contributed by atoms with Crippen LogP contribution in [0.2, 0.25) is 0 Å². The number of aromatic nitrogens is 4. The molecule has 0 bridgehead atoms. The zero-order chi connectivity index (χ0) is 25.9. The summed E-state index contributed by atoms with van der Waals surface area (Å²) in [6.45, 7) is 7.32. The van der Waals surface area contributed by atoms with E-state index in [-0.39, 0.29) is 11.8 Å². The van der Waals surface area contributed by atoms with E-state index in [1.807, 2.05) is 48.9 Å². The van der Waals surface area contributed by atoms with Crippen LogP contribution in [0.5, 0.6) is 0 Å². The third-order valence-corrected chi connectivity index (χ3v) is 6.72. The Labute approximate surface area is 215 Å². The molecule has 1 fully saturated rings. The van der Waals surface area contributed by atoms with E-state index in [0.717, 1.165) is 47.4 Å². The molecule has 9 nitrogen and oxygen atoms in total. The molecule has 1 N–H and O–H groups in total. The van der Waals surface area contributed by atoms with Gasteiger partial charge in [0.25, 0.3) is 0 Å². The van der Waals surface area contributed by atoms with E-state index in [1.54, 1.807) is 31.2 Å². The predicted molar refractivity (Wildman–Crippen MR) is 142 cm³/mol. The van der Waals surface area contributed by atoms with Crippen LogP contribution in [-0.2, 0) is 9.53 Å². The van der Waals surface area contributed by atoms with Gasteiger partial charge in [0.2, 0.25) is 5.91 Å². The van der Waals surface area contributed by atoms with Gasteiger partial charge in [-0.2, -0.15) is 10.2 Å². The second-order valence-corrected chi connectivity index (χ2v) is 9.24. The number of hydrogen-bond acceptors (Lipinski definition) is 7. The largest absolute Gasteiger partial charge is 0.462 e. The maximum absolute atomic E-state index is 13.2. The average molecular weight is 499 g/mol. The molecule has 2 aromatic heterocycles. The Morgan fingerprint density at radius 2 is 1.89 bits per heavy atom. The van der Waals surface area contributed by atoms with E-state index in [9.17, 15) is 9.59 Å². The van der Waals surface area contributed by atoms with Gasteiger partial charge < -0.3 is 15.0 Å². The highest BCUT2D eigenvalue weighted by Crippen LogP contribution is 2.32. The summed E-state index contributed by atoms with van der Waals surface area (Å²) >= 11 is 0. The first kappa shape index (κ1) is 24.4. The molecule has 1 aliphatic heterocycles. The molecule has 0 radical (unpaired) electrons.